The number of aliphatic hydroxyl groups is 1. The molecule has 0 aliphatic carbocycles. The Balaban J connectivity index is 2.80. The molecule has 15 heavy (non-hydrogen) atoms. The van der Waals surface area contributed by atoms with Crippen molar-refractivity contribution in [3.05, 3.63) is 0 Å². The maximum absolute atomic E-state index is 9.68. The molecule has 1 N–H and O–H groups in total. The van der Waals surface area contributed by atoms with Crippen molar-refractivity contribution in [2.24, 2.45) is 0 Å². The van der Waals surface area contributed by atoms with E-state index in [-0.39, 0.29) is 18.3 Å². The van der Waals surface area contributed by atoms with Crippen molar-refractivity contribution in [2.75, 3.05) is 26.7 Å². The summed E-state index contributed by atoms with van der Waals surface area (Å²) < 4.78 is 21.1. The van der Waals surface area contributed by atoms with E-state index in [9.17, 15) is 5.11 Å². The first-order chi connectivity index (χ1) is 7.19. The van der Waals surface area contributed by atoms with Crippen LogP contribution in [0.2, 0.25) is 0 Å². The van der Waals surface area contributed by atoms with Crippen molar-refractivity contribution in [2.45, 2.75) is 30.7 Å². The summed E-state index contributed by atoms with van der Waals surface area (Å²) in [5.41, 5.74) is 0. The summed E-state index contributed by atoms with van der Waals surface area (Å²) in [4.78, 5) is 0. The largest absolute Gasteiger partial charge is 0.376 e. The molecule has 0 aromatic rings. The van der Waals surface area contributed by atoms with E-state index < -0.39 is 12.4 Å². The number of hydrogen-bond donors (Lipinski definition) is 1. The number of rotatable bonds is 4. The van der Waals surface area contributed by atoms with E-state index >= 15 is 0 Å². The molecule has 0 amide bonds. The van der Waals surface area contributed by atoms with Gasteiger partial charge < -0.3 is 24.1 Å². The van der Waals surface area contributed by atoms with Crippen molar-refractivity contribution in [1.29, 1.82) is 0 Å². The maximum Gasteiger partial charge on any atom is 0.184 e. The monoisotopic (exact) mass is 284 g/mol. The van der Waals surface area contributed by atoms with Crippen molar-refractivity contribution in [1.82, 2.24) is 0 Å². The molecule has 0 aromatic heterocycles. The van der Waals surface area contributed by atoms with Crippen LogP contribution in [0.15, 0.2) is 0 Å². The Morgan fingerprint density at radius 1 is 1.07 bits per heavy atom. The van der Waals surface area contributed by atoms with Gasteiger partial charge in [-0.2, -0.15) is 0 Å². The van der Waals surface area contributed by atoms with Crippen LogP contribution in [-0.4, -0.2) is 62.5 Å². The van der Waals surface area contributed by atoms with Gasteiger partial charge in [0.05, 0.1) is 6.10 Å². The molecule has 90 valence electrons. The molecule has 1 aliphatic heterocycles. The van der Waals surface area contributed by atoms with Gasteiger partial charge in [-0.05, 0) is 0 Å². The fraction of sp³-hybridized carbons (Fsp3) is 1.00. The molecule has 1 rings (SSSR count). The minimum absolute atomic E-state index is 0.249. The fourth-order valence-corrected chi connectivity index (χ4v) is 2.34. The first-order valence-electron chi connectivity index (χ1n) is 4.67. The summed E-state index contributed by atoms with van der Waals surface area (Å²) in [7, 11) is 4.65. The van der Waals surface area contributed by atoms with Gasteiger partial charge in [0.25, 0.3) is 0 Å². The van der Waals surface area contributed by atoms with E-state index in [0.29, 0.717) is 5.33 Å². The lowest BCUT2D eigenvalue weighted by Gasteiger charge is -2.42. The van der Waals surface area contributed by atoms with Gasteiger partial charge in [-0.1, -0.05) is 15.9 Å². The number of halogens is 1. The van der Waals surface area contributed by atoms with Gasteiger partial charge >= 0.3 is 0 Å². The van der Waals surface area contributed by atoms with Gasteiger partial charge in [0.15, 0.2) is 6.29 Å². The molecule has 1 fully saturated rings. The molecule has 1 heterocycles. The van der Waals surface area contributed by atoms with Crippen LogP contribution in [0.5, 0.6) is 0 Å². The van der Waals surface area contributed by atoms with Crippen molar-refractivity contribution in [3.63, 3.8) is 0 Å². The standard InChI is InChI=1S/C9H17BrO5/c1-12-6-5(4-10)15-9(11)8(14-3)7(6)13-2/h5-9,11H,4H2,1-3H3/t5-,6-,7+,8-,9+/m1/s1. The summed E-state index contributed by atoms with van der Waals surface area (Å²) in [6.45, 7) is 0. The topological polar surface area (TPSA) is 57.2 Å². The molecule has 6 heteroatoms. The average molecular weight is 285 g/mol. The third-order valence-electron chi connectivity index (χ3n) is 2.58. The van der Waals surface area contributed by atoms with Gasteiger partial charge in [0.1, 0.15) is 18.3 Å². The fourth-order valence-electron chi connectivity index (χ4n) is 1.82. The van der Waals surface area contributed by atoms with Crippen LogP contribution in [0.25, 0.3) is 0 Å². The minimum atomic E-state index is -0.992. The van der Waals surface area contributed by atoms with Gasteiger partial charge in [-0.3, -0.25) is 0 Å². The number of methoxy groups -OCH3 is 3. The van der Waals surface area contributed by atoms with Gasteiger partial charge in [-0.15, -0.1) is 0 Å². The predicted octanol–water partition coefficient (Wildman–Crippen LogP) is 0.143. The first-order valence-corrected chi connectivity index (χ1v) is 5.79. The second-order valence-electron chi connectivity index (χ2n) is 3.32. The Morgan fingerprint density at radius 2 is 1.60 bits per heavy atom. The maximum atomic E-state index is 9.68. The number of aliphatic hydroxyl groups excluding tert-OH is 1. The predicted molar refractivity (Wildman–Crippen MR) is 57.1 cm³/mol. The van der Waals surface area contributed by atoms with E-state index in [4.69, 9.17) is 18.9 Å². The Hall–Kier alpha value is 0.280. The van der Waals surface area contributed by atoms with Crippen molar-refractivity contribution >= 4 is 15.9 Å². The van der Waals surface area contributed by atoms with Gasteiger partial charge in [0, 0.05) is 26.7 Å². The van der Waals surface area contributed by atoms with Gasteiger partial charge in [-0.25, -0.2) is 0 Å². The van der Waals surface area contributed by atoms with E-state index in [2.05, 4.69) is 15.9 Å². The number of ether oxygens (including phenoxy) is 4. The highest BCUT2D eigenvalue weighted by atomic mass is 79.9. The number of hydrogen-bond acceptors (Lipinski definition) is 5. The molecule has 1 saturated heterocycles. The second kappa shape index (κ2) is 6.12. The van der Waals surface area contributed by atoms with Crippen LogP contribution < -0.4 is 0 Å². The third kappa shape index (κ3) is 2.69. The quantitative estimate of drug-likeness (QED) is 0.745. The van der Waals surface area contributed by atoms with Gasteiger partial charge in [0.2, 0.25) is 0 Å². The van der Waals surface area contributed by atoms with Crippen LogP contribution in [0.4, 0.5) is 0 Å². The molecule has 5 atom stereocenters. The molecule has 0 radical (unpaired) electrons. The molecule has 1 aliphatic rings. The van der Waals surface area contributed by atoms with E-state index in [1.807, 2.05) is 0 Å². The Labute approximate surface area is 97.8 Å². The van der Waals surface area contributed by atoms with E-state index in [0.717, 1.165) is 0 Å². The highest BCUT2D eigenvalue weighted by Gasteiger charge is 2.45. The zero-order valence-electron chi connectivity index (χ0n) is 9.05. The normalized spacial score (nSPS) is 41.8. The number of alkyl halides is 1. The molecule has 0 bridgehead atoms. The highest BCUT2D eigenvalue weighted by Crippen LogP contribution is 2.26. The third-order valence-corrected chi connectivity index (χ3v) is 3.22. The van der Waals surface area contributed by atoms with Crippen molar-refractivity contribution in [3.8, 4) is 0 Å². The molecule has 0 aromatic carbocycles. The highest BCUT2D eigenvalue weighted by molar-refractivity contribution is 9.09. The zero-order valence-corrected chi connectivity index (χ0v) is 10.6. The van der Waals surface area contributed by atoms with Crippen molar-refractivity contribution < 1.29 is 24.1 Å². The van der Waals surface area contributed by atoms with E-state index in [1.54, 1.807) is 14.2 Å². The molecule has 0 saturated carbocycles. The summed E-state index contributed by atoms with van der Waals surface area (Å²) in [5.74, 6) is 0. The Morgan fingerprint density at radius 3 is 2.00 bits per heavy atom. The molecule has 0 spiro atoms. The lowest BCUT2D eigenvalue weighted by atomic mass is 9.99. The first kappa shape index (κ1) is 13.3. The van der Waals surface area contributed by atoms with E-state index in [1.165, 1.54) is 7.11 Å². The lowest BCUT2D eigenvalue weighted by Crippen LogP contribution is -2.59. The van der Waals surface area contributed by atoms with Crippen LogP contribution >= 0.6 is 15.9 Å². The molecule has 5 nitrogen and oxygen atoms in total. The summed E-state index contributed by atoms with van der Waals surface area (Å²) in [6.07, 6.45) is -2.38. The lowest BCUT2D eigenvalue weighted by molar-refractivity contribution is -0.290. The molecule has 0 unspecified atom stereocenters. The SMILES string of the molecule is CO[C@@H]1[C@@H](OC)[C@@H](O)O[C@H](CBr)[C@H]1OC. The molecular formula is C9H17BrO5. The summed E-state index contributed by atoms with van der Waals surface area (Å²) in [5, 5.41) is 10.2. The molecular weight excluding hydrogens is 268 g/mol. The van der Waals surface area contributed by atoms with Crippen LogP contribution in [0.3, 0.4) is 0 Å². The summed E-state index contributed by atoms with van der Waals surface area (Å²) >= 11 is 3.31. The van der Waals surface area contributed by atoms with Crippen LogP contribution in [0.1, 0.15) is 0 Å². The minimum Gasteiger partial charge on any atom is -0.376 e. The Kier molecular flexibility index (Phi) is 5.45. The average Bonchev–Trinajstić information content (AvgIpc) is 2.27. The Bertz CT molecular complexity index is 191. The zero-order chi connectivity index (χ0) is 11.4. The van der Waals surface area contributed by atoms with Crippen LogP contribution in [0, 0.1) is 0 Å². The summed E-state index contributed by atoms with van der Waals surface area (Å²) in [6, 6.07) is 0. The smallest absolute Gasteiger partial charge is 0.184 e. The second-order valence-corrected chi connectivity index (χ2v) is 3.97. The van der Waals surface area contributed by atoms with Crippen LogP contribution in [-0.2, 0) is 18.9 Å².